The lowest BCUT2D eigenvalue weighted by Gasteiger charge is -1.96. The van der Waals surface area contributed by atoms with Crippen molar-refractivity contribution in [2.45, 2.75) is 13.3 Å². The van der Waals surface area contributed by atoms with E-state index in [0.717, 1.165) is 10.7 Å². The molecule has 0 aliphatic heterocycles. The van der Waals surface area contributed by atoms with Crippen LogP contribution in [0.5, 0.6) is 0 Å². The molecule has 0 aliphatic rings. The summed E-state index contributed by atoms with van der Waals surface area (Å²) < 4.78 is 0. The molecule has 0 saturated carbocycles. The first kappa shape index (κ1) is 8.99. The molecule has 4 nitrogen and oxygen atoms in total. The zero-order chi connectivity index (χ0) is 8.97. The van der Waals surface area contributed by atoms with Crippen LogP contribution in [0.2, 0.25) is 0 Å². The number of amides is 1. The molecule has 0 saturated heterocycles. The summed E-state index contributed by atoms with van der Waals surface area (Å²) in [5.41, 5.74) is 0.991. The molecule has 1 amide bonds. The smallest absolute Gasteiger partial charge is 0.404 e. The topological polar surface area (TPSA) is 62.2 Å². The van der Waals surface area contributed by atoms with Crippen LogP contribution < -0.4 is 5.32 Å². The maximum Gasteiger partial charge on any atom is 0.404 e. The van der Waals surface area contributed by atoms with E-state index in [4.69, 9.17) is 5.11 Å². The van der Waals surface area contributed by atoms with E-state index < -0.39 is 6.09 Å². The van der Waals surface area contributed by atoms with Crippen molar-refractivity contribution in [1.29, 1.82) is 0 Å². The standard InChI is InChI=1S/C7H10N2O2S/c1-5-4-12-6(9-5)2-3-8-7(10)11/h4,8H,2-3H2,1H3,(H,10,11). The minimum absolute atomic E-state index is 0.433. The number of nitrogens with zero attached hydrogens (tertiary/aromatic N) is 1. The van der Waals surface area contributed by atoms with Gasteiger partial charge in [0.05, 0.1) is 5.01 Å². The van der Waals surface area contributed by atoms with Crippen LogP contribution in [0, 0.1) is 6.92 Å². The highest BCUT2D eigenvalue weighted by molar-refractivity contribution is 7.09. The van der Waals surface area contributed by atoms with Crippen molar-refractivity contribution in [3.8, 4) is 0 Å². The van der Waals surface area contributed by atoms with Gasteiger partial charge in [0.25, 0.3) is 0 Å². The van der Waals surface area contributed by atoms with Crippen molar-refractivity contribution < 1.29 is 9.90 Å². The highest BCUT2D eigenvalue weighted by Crippen LogP contribution is 2.08. The summed E-state index contributed by atoms with van der Waals surface area (Å²) in [5.74, 6) is 0. The Kier molecular flexibility index (Phi) is 3.04. The molecule has 0 radical (unpaired) electrons. The highest BCUT2D eigenvalue weighted by atomic mass is 32.1. The normalized spacial score (nSPS) is 9.75. The van der Waals surface area contributed by atoms with E-state index in [9.17, 15) is 4.79 Å². The van der Waals surface area contributed by atoms with E-state index in [1.807, 2.05) is 12.3 Å². The lowest BCUT2D eigenvalue weighted by molar-refractivity contribution is 0.194. The minimum atomic E-state index is -0.983. The summed E-state index contributed by atoms with van der Waals surface area (Å²) >= 11 is 1.56. The first-order valence-corrected chi connectivity index (χ1v) is 4.44. The van der Waals surface area contributed by atoms with E-state index in [1.165, 1.54) is 0 Å². The van der Waals surface area contributed by atoms with E-state index in [0.29, 0.717) is 13.0 Å². The van der Waals surface area contributed by atoms with Gasteiger partial charge < -0.3 is 10.4 Å². The summed E-state index contributed by atoms with van der Waals surface area (Å²) in [4.78, 5) is 14.3. The predicted molar refractivity (Wildman–Crippen MR) is 46.6 cm³/mol. The van der Waals surface area contributed by atoms with Gasteiger partial charge in [0.2, 0.25) is 0 Å². The number of hydrogen-bond acceptors (Lipinski definition) is 3. The molecule has 5 heteroatoms. The van der Waals surface area contributed by atoms with E-state index in [2.05, 4.69) is 10.3 Å². The Morgan fingerprint density at radius 2 is 2.58 bits per heavy atom. The van der Waals surface area contributed by atoms with Crippen molar-refractivity contribution in [3.63, 3.8) is 0 Å². The quantitative estimate of drug-likeness (QED) is 0.747. The Balaban J connectivity index is 2.29. The van der Waals surface area contributed by atoms with Crippen molar-refractivity contribution in [1.82, 2.24) is 10.3 Å². The Morgan fingerprint density at radius 1 is 1.83 bits per heavy atom. The van der Waals surface area contributed by atoms with Crippen LogP contribution in [-0.2, 0) is 6.42 Å². The average molecular weight is 186 g/mol. The lowest BCUT2D eigenvalue weighted by Crippen LogP contribution is -2.23. The first-order chi connectivity index (χ1) is 5.68. The van der Waals surface area contributed by atoms with Gasteiger partial charge in [-0.25, -0.2) is 9.78 Å². The monoisotopic (exact) mass is 186 g/mol. The van der Waals surface area contributed by atoms with Gasteiger partial charge in [0.15, 0.2) is 0 Å². The summed E-state index contributed by atoms with van der Waals surface area (Å²) in [6, 6.07) is 0. The predicted octanol–water partition coefficient (Wildman–Crippen LogP) is 1.26. The summed E-state index contributed by atoms with van der Waals surface area (Å²) in [6.45, 7) is 2.35. The Labute approximate surface area is 74.3 Å². The molecular formula is C7H10N2O2S. The Morgan fingerprint density at radius 3 is 3.08 bits per heavy atom. The molecule has 0 fully saturated rings. The number of hydrogen-bond donors (Lipinski definition) is 2. The average Bonchev–Trinajstić information content (AvgIpc) is 2.35. The van der Waals surface area contributed by atoms with E-state index in [1.54, 1.807) is 11.3 Å². The van der Waals surface area contributed by atoms with Crippen LogP contribution in [0.3, 0.4) is 0 Å². The fourth-order valence-electron chi connectivity index (χ4n) is 0.794. The van der Waals surface area contributed by atoms with Crippen molar-refractivity contribution in [2.75, 3.05) is 6.54 Å². The van der Waals surface area contributed by atoms with Gasteiger partial charge in [-0.05, 0) is 6.92 Å². The SMILES string of the molecule is Cc1csc(CCNC(=O)O)n1. The molecule has 0 atom stereocenters. The fourth-order valence-corrected chi connectivity index (χ4v) is 1.57. The number of aryl methyl sites for hydroxylation is 1. The third-order valence-electron chi connectivity index (χ3n) is 1.28. The van der Waals surface area contributed by atoms with Gasteiger partial charge in [0.1, 0.15) is 0 Å². The second kappa shape index (κ2) is 4.06. The van der Waals surface area contributed by atoms with Crippen molar-refractivity contribution >= 4 is 17.4 Å². The third kappa shape index (κ3) is 2.87. The van der Waals surface area contributed by atoms with Gasteiger partial charge in [-0.3, -0.25) is 0 Å². The number of thiazole rings is 1. The molecule has 0 spiro atoms. The van der Waals surface area contributed by atoms with Gasteiger partial charge in [0, 0.05) is 24.0 Å². The number of aromatic nitrogens is 1. The summed E-state index contributed by atoms with van der Waals surface area (Å²) in [7, 11) is 0. The molecule has 12 heavy (non-hydrogen) atoms. The Bertz CT molecular complexity index is 272. The molecule has 1 heterocycles. The summed E-state index contributed by atoms with van der Waals surface area (Å²) in [5, 5.41) is 13.5. The molecular weight excluding hydrogens is 176 g/mol. The zero-order valence-corrected chi connectivity index (χ0v) is 7.52. The van der Waals surface area contributed by atoms with E-state index in [-0.39, 0.29) is 0 Å². The lowest BCUT2D eigenvalue weighted by atomic mass is 10.4. The molecule has 1 aromatic heterocycles. The minimum Gasteiger partial charge on any atom is -0.465 e. The number of carbonyl (C=O) groups is 1. The van der Waals surface area contributed by atoms with Gasteiger partial charge in [-0.15, -0.1) is 11.3 Å². The van der Waals surface area contributed by atoms with Crippen LogP contribution in [0.15, 0.2) is 5.38 Å². The van der Waals surface area contributed by atoms with Crippen LogP contribution in [0.4, 0.5) is 4.79 Å². The van der Waals surface area contributed by atoms with Crippen LogP contribution in [-0.4, -0.2) is 22.7 Å². The van der Waals surface area contributed by atoms with Gasteiger partial charge in [-0.1, -0.05) is 0 Å². The molecule has 0 unspecified atom stereocenters. The van der Waals surface area contributed by atoms with E-state index >= 15 is 0 Å². The molecule has 0 aliphatic carbocycles. The third-order valence-corrected chi connectivity index (χ3v) is 2.31. The first-order valence-electron chi connectivity index (χ1n) is 3.56. The van der Waals surface area contributed by atoms with Gasteiger partial charge >= 0.3 is 6.09 Å². The highest BCUT2D eigenvalue weighted by Gasteiger charge is 1.99. The molecule has 0 bridgehead atoms. The maximum absolute atomic E-state index is 10.1. The largest absolute Gasteiger partial charge is 0.465 e. The second-order valence-corrected chi connectivity index (χ2v) is 3.31. The van der Waals surface area contributed by atoms with Crippen LogP contribution >= 0.6 is 11.3 Å². The summed E-state index contributed by atoms with van der Waals surface area (Å²) in [6.07, 6.45) is -0.312. The van der Waals surface area contributed by atoms with Gasteiger partial charge in [-0.2, -0.15) is 0 Å². The molecule has 2 N–H and O–H groups in total. The molecule has 0 aromatic carbocycles. The number of rotatable bonds is 3. The molecule has 66 valence electrons. The van der Waals surface area contributed by atoms with Crippen LogP contribution in [0.1, 0.15) is 10.7 Å². The fraction of sp³-hybridized carbons (Fsp3) is 0.429. The number of carboxylic acid groups (broad SMARTS) is 1. The Hall–Kier alpha value is -1.10. The molecule has 1 rings (SSSR count). The second-order valence-electron chi connectivity index (χ2n) is 2.36. The maximum atomic E-state index is 10.1. The number of nitrogens with one attached hydrogen (secondary N) is 1. The van der Waals surface area contributed by atoms with Crippen molar-refractivity contribution in [3.05, 3.63) is 16.1 Å². The zero-order valence-electron chi connectivity index (χ0n) is 6.70. The van der Waals surface area contributed by atoms with Crippen molar-refractivity contribution in [2.24, 2.45) is 0 Å². The van der Waals surface area contributed by atoms with Crippen LogP contribution in [0.25, 0.3) is 0 Å². The molecule has 1 aromatic rings.